The smallest absolute Gasteiger partial charge is 0.208 e. The van der Waals surface area contributed by atoms with Gasteiger partial charge in [-0.15, -0.1) is 0 Å². The van der Waals surface area contributed by atoms with E-state index >= 15 is 0 Å². The summed E-state index contributed by atoms with van der Waals surface area (Å²) in [5, 5.41) is 4.76. The van der Waals surface area contributed by atoms with Gasteiger partial charge in [0.05, 0.1) is 31.9 Å². The number of carbonyl (C=O) groups is 1. The fourth-order valence-electron chi connectivity index (χ4n) is 8.50. The molecule has 0 atom stereocenters. The number of benzene rings is 8. The van der Waals surface area contributed by atoms with Crippen molar-refractivity contribution in [3.63, 3.8) is 0 Å². The van der Waals surface area contributed by atoms with Gasteiger partial charge in [-0.3, -0.25) is 4.79 Å². The monoisotopic (exact) mass is 726 g/mol. The molecule has 0 N–H and O–H groups in total. The summed E-state index contributed by atoms with van der Waals surface area (Å²) in [6.07, 6.45) is 0. The first-order chi connectivity index (χ1) is 27.0. The van der Waals surface area contributed by atoms with Crippen LogP contribution in [0, 0.1) is 0 Å². The van der Waals surface area contributed by atoms with Crippen LogP contribution >= 0.6 is 0 Å². The molecule has 0 unspecified atom stereocenters. The summed E-state index contributed by atoms with van der Waals surface area (Å²) in [6, 6.07) is 60.0. The van der Waals surface area contributed by atoms with E-state index in [2.05, 4.69) is 106 Å². The first-order valence-corrected chi connectivity index (χ1v) is 19.7. The molecule has 5 nitrogen and oxygen atoms in total. The molecular formula is C49H30N2O3S. The minimum absolute atomic E-state index is 0.0366. The van der Waals surface area contributed by atoms with Crippen LogP contribution in [-0.2, 0) is 9.84 Å². The molecule has 2 aromatic heterocycles. The first kappa shape index (κ1) is 31.5. The third kappa shape index (κ3) is 4.65. The van der Waals surface area contributed by atoms with E-state index in [0.717, 1.165) is 55.7 Å². The summed E-state index contributed by atoms with van der Waals surface area (Å²) < 4.78 is 32.8. The molecule has 0 spiro atoms. The molecule has 1 aliphatic heterocycles. The van der Waals surface area contributed by atoms with Crippen molar-refractivity contribution < 1.29 is 13.2 Å². The Morgan fingerprint density at radius 2 is 0.727 bits per heavy atom. The molecule has 0 fully saturated rings. The fraction of sp³-hybridized carbons (Fsp3) is 0. The molecule has 0 radical (unpaired) electrons. The number of para-hydroxylation sites is 4. The van der Waals surface area contributed by atoms with Gasteiger partial charge in [0.15, 0.2) is 5.78 Å². The van der Waals surface area contributed by atoms with Gasteiger partial charge in [-0.25, -0.2) is 8.42 Å². The van der Waals surface area contributed by atoms with Gasteiger partial charge in [-0.05, 0) is 95.1 Å². The number of nitrogens with zero attached hydrogens (tertiary/aromatic N) is 2. The van der Waals surface area contributed by atoms with Crippen LogP contribution in [-0.4, -0.2) is 23.3 Å². The second-order valence-electron chi connectivity index (χ2n) is 14.1. The summed E-state index contributed by atoms with van der Waals surface area (Å²) in [7, 11) is -3.96. The molecular weight excluding hydrogens is 697 g/mol. The van der Waals surface area contributed by atoms with Crippen LogP contribution in [0.1, 0.15) is 15.9 Å². The average molecular weight is 727 g/mol. The standard InChI is InChI=1S/C49H30N2O3S/c52-49-41-27-21-34(32-19-25-36(26-20-32)51-45-15-7-3-11-39(45)40-12-4-8-16-46(40)51)30-48(41)55(53,54)47-28-22-33(29-42(47)49)31-17-23-35(24-18-31)50-43-13-5-1-9-37(43)38-10-2-6-14-44(38)50/h1-30H. The zero-order valence-corrected chi connectivity index (χ0v) is 30.2. The number of sulfone groups is 1. The summed E-state index contributed by atoms with van der Waals surface area (Å²) in [5.74, 6) is -0.295. The van der Waals surface area contributed by atoms with E-state index in [-0.39, 0.29) is 26.7 Å². The first-order valence-electron chi connectivity index (χ1n) is 18.2. The van der Waals surface area contributed by atoms with Crippen molar-refractivity contribution in [2.45, 2.75) is 9.79 Å². The molecule has 8 aromatic carbocycles. The molecule has 3 heterocycles. The van der Waals surface area contributed by atoms with Crippen molar-refractivity contribution in [3.05, 3.63) is 193 Å². The van der Waals surface area contributed by atoms with Crippen LogP contribution < -0.4 is 0 Å². The van der Waals surface area contributed by atoms with Gasteiger partial charge < -0.3 is 9.13 Å². The van der Waals surface area contributed by atoms with Crippen molar-refractivity contribution in [3.8, 4) is 33.6 Å². The van der Waals surface area contributed by atoms with Crippen LogP contribution in [0.3, 0.4) is 0 Å². The number of rotatable bonds is 4. The number of hydrogen-bond acceptors (Lipinski definition) is 3. The number of carbonyl (C=O) groups excluding carboxylic acids is 1. The molecule has 6 heteroatoms. The number of fused-ring (bicyclic) bond motifs is 8. The molecule has 1 aliphatic rings. The van der Waals surface area contributed by atoms with E-state index in [1.807, 2.05) is 54.6 Å². The van der Waals surface area contributed by atoms with Crippen molar-refractivity contribution in [2.75, 3.05) is 0 Å². The predicted octanol–water partition coefficient (Wildman–Crippen LogP) is 11.6. The van der Waals surface area contributed by atoms with Gasteiger partial charge in [-0.2, -0.15) is 0 Å². The maximum absolute atomic E-state index is 14.2. The van der Waals surface area contributed by atoms with Crippen LogP contribution in [0.25, 0.3) is 77.2 Å². The van der Waals surface area contributed by atoms with Gasteiger partial charge >= 0.3 is 0 Å². The van der Waals surface area contributed by atoms with Crippen LogP contribution in [0.2, 0.25) is 0 Å². The summed E-state index contributed by atoms with van der Waals surface area (Å²) >= 11 is 0. The van der Waals surface area contributed by atoms with E-state index in [4.69, 9.17) is 0 Å². The van der Waals surface area contributed by atoms with Gasteiger partial charge in [0.2, 0.25) is 9.84 Å². The van der Waals surface area contributed by atoms with Crippen molar-refractivity contribution in [1.82, 2.24) is 9.13 Å². The van der Waals surface area contributed by atoms with Crippen LogP contribution in [0.15, 0.2) is 192 Å². The van der Waals surface area contributed by atoms with Crippen LogP contribution in [0.5, 0.6) is 0 Å². The largest absolute Gasteiger partial charge is 0.309 e. The van der Waals surface area contributed by atoms with E-state index in [1.165, 1.54) is 21.5 Å². The predicted molar refractivity (Wildman–Crippen MR) is 221 cm³/mol. The van der Waals surface area contributed by atoms with E-state index < -0.39 is 9.84 Å². The SMILES string of the molecule is O=C1c2cc(-c3ccc(-n4c5ccccc5c5ccccc54)cc3)ccc2S(=O)(=O)c2cc(-c3ccc(-n4c5ccccc5c5ccccc54)cc3)ccc21. The summed E-state index contributed by atoms with van der Waals surface area (Å²) in [5.41, 5.74) is 10.2. The summed E-state index contributed by atoms with van der Waals surface area (Å²) in [4.78, 5) is 14.1. The molecule has 11 rings (SSSR count). The third-order valence-electron chi connectivity index (χ3n) is 11.1. The van der Waals surface area contributed by atoms with Gasteiger partial charge in [-0.1, -0.05) is 109 Å². The molecule has 260 valence electrons. The minimum atomic E-state index is -3.96. The Hall–Kier alpha value is -7.02. The van der Waals surface area contributed by atoms with Crippen molar-refractivity contribution >= 4 is 59.2 Å². The second-order valence-corrected chi connectivity index (χ2v) is 16.0. The Labute approximate surface area is 316 Å². The molecule has 0 aliphatic carbocycles. The van der Waals surface area contributed by atoms with Crippen molar-refractivity contribution in [1.29, 1.82) is 0 Å². The van der Waals surface area contributed by atoms with E-state index in [0.29, 0.717) is 0 Å². The number of hydrogen-bond donors (Lipinski definition) is 0. The van der Waals surface area contributed by atoms with Crippen molar-refractivity contribution in [2.24, 2.45) is 0 Å². The Morgan fingerprint density at radius 3 is 1.18 bits per heavy atom. The van der Waals surface area contributed by atoms with E-state index in [1.54, 1.807) is 30.3 Å². The molecule has 0 amide bonds. The number of aromatic nitrogens is 2. The highest BCUT2D eigenvalue weighted by atomic mass is 32.2. The lowest BCUT2D eigenvalue weighted by atomic mass is 9.96. The Bertz CT molecular complexity index is 3230. The highest BCUT2D eigenvalue weighted by Gasteiger charge is 2.35. The van der Waals surface area contributed by atoms with E-state index in [9.17, 15) is 13.2 Å². The highest BCUT2D eigenvalue weighted by molar-refractivity contribution is 7.91. The molecule has 0 saturated heterocycles. The normalized spacial score (nSPS) is 13.4. The lowest BCUT2D eigenvalue weighted by Gasteiger charge is -2.20. The summed E-state index contributed by atoms with van der Waals surface area (Å²) in [6.45, 7) is 0. The topological polar surface area (TPSA) is 61.1 Å². The Balaban J connectivity index is 0.924. The second kappa shape index (κ2) is 11.7. The quantitative estimate of drug-likeness (QED) is 0.181. The van der Waals surface area contributed by atoms with Crippen LogP contribution in [0.4, 0.5) is 0 Å². The number of ketones is 1. The fourth-order valence-corrected chi connectivity index (χ4v) is 10.2. The molecule has 0 bridgehead atoms. The van der Waals surface area contributed by atoms with Gasteiger partial charge in [0.1, 0.15) is 0 Å². The van der Waals surface area contributed by atoms with Gasteiger partial charge in [0.25, 0.3) is 0 Å². The average Bonchev–Trinajstić information content (AvgIpc) is 3.76. The maximum atomic E-state index is 14.2. The Morgan fingerprint density at radius 1 is 0.345 bits per heavy atom. The third-order valence-corrected chi connectivity index (χ3v) is 13.0. The Kier molecular flexibility index (Phi) is 6.72. The molecule has 10 aromatic rings. The lowest BCUT2D eigenvalue weighted by Crippen LogP contribution is -2.20. The van der Waals surface area contributed by atoms with Gasteiger partial charge in [0, 0.05) is 44.0 Å². The highest BCUT2D eigenvalue weighted by Crippen LogP contribution is 2.40. The lowest BCUT2D eigenvalue weighted by molar-refractivity contribution is 0.103. The molecule has 55 heavy (non-hydrogen) atoms. The minimum Gasteiger partial charge on any atom is -0.309 e. The molecule has 0 saturated carbocycles. The zero-order valence-electron chi connectivity index (χ0n) is 29.3. The maximum Gasteiger partial charge on any atom is 0.208 e. The zero-order chi connectivity index (χ0) is 36.8.